The maximum absolute atomic E-state index is 6.42. The van der Waals surface area contributed by atoms with Gasteiger partial charge in [-0.3, -0.25) is 0 Å². The quantitative estimate of drug-likeness (QED) is 0.480. The minimum Gasteiger partial charge on any atom is -0.0828 e. The molecule has 0 nitrogen and oxygen atoms in total. The highest BCUT2D eigenvalue weighted by atomic mass is 79.9. The molecule has 0 amide bonds. The Bertz CT molecular complexity index is 751. The molecule has 88 valence electrons. The van der Waals surface area contributed by atoms with Crippen LogP contribution < -0.4 is 0 Å². The van der Waals surface area contributed by atoms with Crippen LogP contribution in [-0.4, -0.2) is 0 Å². The van der Waals surface area contributed by atoms with Crippen LogP contribution in [0.4, 0.5) is 0 Å². The van der Waals surface area contributed by atoms with Gasteiger partial charge in [0.25, 0.3) is 0 Å². The molecule has 1 aliphatic carbocycles. The zero-order valence-corrected chi connectivity index (χ0v) is 12.0. The third kappa shape index (κ3) is 1.32. The first-order valence-electron chi connectivity index (χ1n) is 6.07. The van der Waals surface area contributed by atoms with Gasteiger partial charge in [-0.25, -0.2) is 0 Å². The van der Waals surface area contributed by atoms with E-state index in [0.717, 1.165) is 22.3 Å². The lowest BCUT2D eigenvalue weighted by atomic mass is 9.83. The van der Waals surface area contributed by atoms with Crippen LogP contribution in [0.15, 0.2) is 40.9 Å². The molecule has 0 saturated carbocycles. The molecule has 1 aliphatic rings. The Balaban J connectivity index is 2.25. The fourth-order valence-corrected chi connectivity index (χ4v) is 3.71. The summed E-state index contributed by atoms with van der Waals surface area (Å²) in [6.45, 7) is 0. The van der Waals surface area contributed by atoms with Crippen molar-refractivity contribution in [2.45, 2.75) is 12.8 Å². The lowest BCUT2D eigenvalue weighted by Gasteiger charge is -2.24. The molecule has 0 fully saturated rings. The third-order valence-corrected chi connectivity index (χ3v) is 5.36. The van der Waals surface area contributed by atoms with E-state index in [1.165, 1.54) is 32.7 Å². The zero-order valence-electron chi connectivity index (χ0n) is 9.63. The summed E-state index contributed by atoms with van der Waals surface area (Å²) in [7, 11) is 0. The van der Waals surface area contributed by atoms with E-state index >= 15 is 0 Å². The van der Waals surface area contributed by atoms with Gasteiger partial charge in [-0.05, 0) is 73.6 Å². The van der Waals surface area contributed by atoms with Gasteiger partial charge >= 0.3 is 0 Å². The van der Waals surface area contributed by atoms with Crippen LogP contribution in [0, 0.1) is 0 Å². The Hall–Kier alpha value is -1.05. The van der Waals surface area contributed by atoms with Gasteiger partial charge in [-0.15, -0.1) is 0 Å². The third-order valence-electron chi connectivity index (χ3n) is 3.89. The predicted octanol–water partition coefficient (Wildman–Crippen LogP) is 5.51. The zero-order chi connectivity index (χ0) is 12.3. The number of hydrogen-bond acceptors (Lipinski definition) is 0. The second-order valence-electron chi connectivity index (χ2n) is 4.83. The Morgan fingerprint density at radius 2 is 1.50 bits per heavy atom. The Morgan fingerprint density at radius 3 is 2.11 bits per heavy atom. The first kappa shape index (κ1) is 10.8. The van der Waals surface area contributed by atoms with Gasteiger partial charge in [0.05, 0.1) is 5.02 Å². The number of benzene rings is 3. The molecule has 0 unspecified atom stereocenters. The normalized spacial score (nSPS) is 13.7. The van der Waals surface area contributed by atoms with Crippen LogP contribution in [-0.2, 0) is 12.8 Å². The molecule has 0 N–H and O–H groups in total. The van der Waals surface area contributed by atoms with E-state index in [9.17, 15) is 0 Å². The SMILES string of the molecule is Clc1c2c(c3cc4ccccc4cc3c1Br)CC2. The van der Waals surface area contributed by atoms with Crippen molar-refractivity contribution in [3.05, 3.63) is 57.0 Å². The average Bonchev–Trinajstić information content (AvgIpc) is 2.34. The monoisotopic (exact) mass is 316 g/mol. The van der Waals surface area contributed by atoms with Crippen molar-refractivity contribution in [2.75, 3.05) is 0 Å². The maximum Gasteiger partial charge on any atom is 0.0589 e. The Kier molecular flexibility index (Phi) is 2.24. The first-order chi connectivity index (χ1) is 8.75. The van der Waals surface area contributed by atoms with E-state index in [1.54, 1.807) is 0 Å². The summed E-state index contributed by atoms with van der Waals surface area (Å²) in [5.41, 5.74) is 2.76. The standard InChI is InChI=1S/C16H10BrCl/c17-15-14-8-10-4-2-1-3-9(10)7-13(14)11-5-6-12(11)16(15)18/h1-4,7-8H,5-6H2. The average molecular weight is 318 g/mol. The van der Waals surface area contributed by atoms with Gasteiger partial charge in [0, 0.05) is 4.47 Å². The summed E-state index contributed by atoms with van der Waals surface area (Å²) < 4.78 is 1.04. The summed E-state index contributed by atoms with van der Waals surface area (Å²) in [6, 6.07) is 13.0. The molecule has 0 spiro atoms. The van der Waals surface area contributed by atoms with E-state index in [-0.39, 0.29) is 0 Å². The van der Waals surface area contributed by atoms with Crippen molar-refractivity contribution in [1.82, 2.24) is 0 Å². The van der Waals surface area contributed by atoms with Gasteiger partial charge in [0.1, 0.15) is 0 Å². The number of fused-ring (bicyclic) bond motifs is 4. The van der Waals surface area contributed by atoms with Crippen molar-refractivity contribution >= 4 is 49.1 Å². The smallest absolute Gasteiger partial charge is 0.0589 e. The number of hydrogen-bond donors (Lipinski definition) is 0. The van der Waals surface area contributed by atoms with Gasteiger partial charge in [-0.1, -0.05) is 35.9 Å². The van der Waals surface area contributed by atoms with Gasteiger partial charge in [0.2, 0.25) is 0 Å². The van der Waals surface area contributed by atoms with Gasteiger partial charge in [0.15, 0.2) is 0 Å². The minimum absolute atomic E-state index is 0.902. The number of rotatable bonds is 0. The highest BCUT2D eigenvalue weighted by Gasteiger charge is 2.23. The molecule has 18 heavy (non-hydrogen) atoms. The van der Waals surface area contributed by atoms with Gasteiger partial charge in [-0.2, -0.15) is 0 Å². The van der Waals surface area contributed by atoms with E-state index in [2.05, 4.69) is 52.3 Å². The van der Waals surface area contributed by atoms with Crippen molar-refractivity contribution < 1.29 is 0 Å². The van der Waals surface area contributed by atoms with Crippen LogP contribution in [0.1, 0.15) is 11.1 Å². The molecule has 4 rings (SSSR count). The molecular weight excluding hydrogens is 308 g/mol. The summed E-state index contributed by atoms with van der Waals surface area (Å²) in [5, 5.41) is 6.05. The minimum atomic E-state index is 0.902. The van der Waals surface area contributed by atoms with Crippen molar-refractivity contribution in [3.8, 4) is 0 Å². The second-order valence-corrected chi connectivity index (χ2v) is 6.00. The molecular formula is C16H10BrCl. The highest BCUT2D eigenvalue weighted by molar-refractivity contribution is 9.10. The van der Waals surface area contributed by atoms with Crippen LogP contribution in [0.25, 0.3) is 21.5 Å². The van der Waals surface area contributed by atoms with Crippen LogP contribution in [0.3, 0.4) is 0 Å². The molecule has 0 bridgehead atoms. The lowest BCUT2D eigenvalue weighted by Crippen LogP contribution is -2.10. The molecule has 0 saturated heterocycles. The molecule has 3 aromatic carbocycles. The highest BCUT2D eigenvalue weighted by Crippen LogP contribution is 2.43. The van der Waals surface area contributed by atoms with Gasteiger partial charge < -0.3 is 0 Å². The predicted molar refractivity (Wildman–Crippen MR) is 81.6 cm³/mol. The molecule has 0 heterocycles. The summed E-state index contributed by atoms with van der Waals surface area (Å²) in [6.07, 6.45) is 2.26. The van der Waals surface area contributed by atoms with Crippen LogP contribution in [0.2, 0.25) is 5.02 Å². The van der Waals surface area contributed by atoms with Crippen LogP contribution >= 0.6 is 27.5 Å². The maximum atomic E-state index is 6.42. The lowest BCUT2D eigenvalue weighted by molar-refractivity contribution is 0.851. The molecule has 0 aromatic heterocycles. The van der Waals surface area contributed by atoms with E-state index < -0.39 is 0 Å². The Morgan fingerprint density at radius 1 is 0.889 bits per heavy atom. The Labute approximate surface area is 119 Å². The fraction of sp³-hybridized carbons (Fsp3) is 0.125. The number of halogens is 2. The molecule has 3 aromatic rings. The number of aryl methyl sites for hydroxylation is 1. The van der Waals surface area contributed by atoms with Crippen LogP contribution in [0.5, 0.6) is 0 Å². The largest absolute Gasteiger partial charge is 0.0828 e. The van der Waals surface area contributed by atoms with Crippen molar-refractivity contribution in [1.29, 1.82) is 0 Å². The van der Waals surface area contributed by atoms with E-state index in [1.807, 2.05) is 0 Å². The van der Waals surface area contributed by atoms with Crippen molar-refractivity contribution in [2.24, 2.45) is 0 Å². The molecule has 0 radical (unpaired) electrons. The second kappa shape index (κ2) is 3.72. The first-order valence-corrected chi connectivity index (χ1v) is 7.24. The fourth-order valence-electron chi connectivity index (χ4n) is 2.84. The molecule has 0 atom stereocenters. The summed E-state index contributed by atoms with van der Waals surface area (Å²) in [4.78, 5) is 0. The summed E-state index contributed by atoms with van der Waals surface area (Å²) >= 11 is 10.1. The van der Waals surface area contributed by atoms with Crippen molar-refractivity contribution in [3.63, 3.8) is 0 Å². The van der Waals surface area contributed by atoms with E-state index in [0.29, 0.717) is 0 Å². The van der Waals surface area contributed by atoms with E-state index in [4.69, 9.17) is 11.6 Å². The topological polar surface area (TPSA) is 0 Å². The molecule has 0 aliphatic heterocycles. The summed E-state index contributed by atoms with van der Waals surface area (Å²) in [5.74, 6) is 0. The molecule has 2 heteroatoms.